The molecule has 0 aliphatic carbocycles. The van der Waals surface area contributed by atoms with Gasteiger partial charge in [0.1, 0.15) is 0 Å². The van der Waals surface area contributed by atoms with Crippen LogP contribution < -0.4 is 9.47 Å². The number of piperidine rings is 1. The van der Waals surface area contributed by atoms with Crippen LogP contribution in [0.1, 0.15) is 18.4 Å². The predicted molar refractivity (Wildman–Crippen MR) is 94.9 cm³/mol. The van der Waals surface area contributed by atoms with E-state index in [1.54, 1.807) is 23.1 Å². The monoisotopic (exact) mass is 367 g/mol. The maximum atomic E-state index is 12.3. The maximum absolute atomic E-state index is 12.3. The van der Waals surface area contributed by atoms with E-state index in [-0.39, 0.29) is 17.8 Å². The lowest BCUT2D eigenvalue weighted by Crippen LogP contribution is -2.39. The third kappa shape index (κ3) is 4.66. The quantitative estimate of drug-likeness (QED) is 0.591. The zero-order valence-electron chi connectivity index (χ0n) is 14.6. The number of amides is 1. The fourth-order valence-corrected chi connectivity index (χ4v) is 3.11. The van der Waals surface area contributed by atoms with E-state index in [1.807, 2.05) is 0 Å². The van der Waals surface area contributed by atoms with E-state index >= 15 is 0 Å². The van der Waals surface area contributed by atoms with Gasteiger partial charge < -0.3 is 19.1 Å². The van der Waals surface area contributed by atoms with E-state index in [2.05, 4.69) is 0 Å². The number of hydrogen-bond donors (Lipinski definition) is 0. The van der Waals surface area contributed by atoms with Gasteiger partial charge in [-0.05, 0) is 36.6 Å². The molecule has 25 heavy (non-hydrogen) atoms. The molecule has 0 saturated carbocycles. The third-order valence-electron chi connectivity index (χ3n) is 4.22. The van der Waals surface area contributed by atoms with Crippen LogP contribution in [0.5, 0.6) is 11.5 Å². The smallest absolute Gasteiger partial charge is 0.308 e. The predicted octanol–water partition coefficient (Wildman–Crippen LogP) is 2.78. The number of carbonyl (C=O) groups excluding carboxylic acids is 2. The number of halogens is 1. The Morgan fingerprint density at radius 2 is 1.84 bits per heavy atom. The SMILES string of the molecule is COC(=O)C1CCN(C(=O)/C=C\c2cc(Cl)c(OC)c(OC)c2)CC1. The first kappa shape index (κ1) is 19.1. The van der Waals surface area contributed by atoms with Crippen molar-refractivity contribution in [1.29, 1.82) is 0 Å². The van der Waals surface area contributed by atoms with Gasteiger partial charge in [0.25, 0.3) is 0 Å². The second-order valence-corrected chi connectivity index (χ2v) is 6.10. The number of ether oxygens (including phenoxy) is 3. The van der Waals surface area contributed by atoms with Gasteiger partial charge in [0.15, 0.2) is 11.5 Å². The minimum absolute atomic E-state index is 0.103. The summed E-state index contributed by atoms with van der Waals surface area (Å²) in [5.41, 5.74) is 0.737. The molecule has 0 N–H and O–H groups in total. The van der Waals surface area contributed by atoms with Gasteiger partial charge in [0.05, 0.1) is 32.3 Å². The van der Waals surface area contributed by atoms with E-state index in [0.717, 1.165) is 5.56 Å². The Labute approximate surface area is 152 Å². The van der Waals surface area contributed by atoms with Crippen LogP contribution in [0.25, 0.3) is 6.08 Å². The highest BCUT2D eigenvalue weighted by molar-refractivity contribution is 6.32. The highest BCUT2D eigenvalue weighted by atomic mass is 35.5. The molecule has 1 aliphatic heterocycles. The van der Waals surface area contributed by atoms with Crippen LogP contribution in [-0.2, 0) is 14.3 Å². The Hall–Kier alpha value is -2.21. The average Bonchev–Trinajstić information content (AvgIpc) is 2.64. The van der Waals surface area contributed by atoms with E-state index < -0.39 is 0 Å². The van der Waals surface area contributed by atoms with Crippen LogP contribution in [-0.4, -0.2) is 51.2 Å². The molecule has 1 fully saturated rings. The van der Waals surface area contributed by atoms with Crippen molar-refractivity contribution in [2.24, 2.45) is 5.92 Å². The Kier molecular flexibility index (Phi) is 6.70. The summed E-state index contributed by atoms with van der Waals surface area (Å²) in [5, 5.41) is 0.410. The lowest BCUT2D eigenvalue weighted by Gasteiger charge is -2.29. The Balaban J connectivity index is 2.01. The molecule has 1 aromatic rings. The van der Waals surface area contributed by atoms with Crippen LogP contribution in [0.3, 0.4) is 0 Å². The molecule has 136 valence electrons. The van der Waals surface area contributed by atoms with E-state index in [1.165, 1.54) is 27.4 Å². The van der Waals surface area contributed by atoms with Crippen molar-refractivity contribution in [3.63, 3.8) is 0 Å². The summed E-state index contributed by atoms with van der Waals surface area (Å²) in [6, 6.07) is 3.45. The minimum Gasteiger partial charge on any atom is -0.493 e. The van der Waals surface area contributed by atoms with Crippen LogP contribution in [0, 0.1) is 5.92 Å². The fraction of sp³-hybridized carbons (Fsp3) is 0.444. The summed E-state index contributed by atoms with van der Waals surface area (Å²) in [6.45, 7) is 1.07. The molecule has 1 amide bonds. The number of carbonyl (C=O) groups is 2. The van der Waals surface area contributed by atoms with Crippen molar-refractivity contribution in [3.8, 4) is 11.5 Å². The number of likely N-dealkylation sites (tertiary alicyclic amines) is 1. The van der Waals surface area contributed by atoms with Gasteiger partial charge in [-0.25, -0.2) is 0 Å². The normalized spacial score (nSPS) is 15.3. The molecule has 0 atom stereocenters. The summed E-state index contributed by atoms with van der Waals surface area (Å²) in [6.07, 6.45) is 4.42. The van der Waals surface area contributed by atoms with Crippen molar-refractivity contribution < 1.29 is 23.8 Å². The lowest BCUT2D eigenvalue weighted by molar-refractivity contribution is -0.148. The van der Waals surface area contributed by atoms with Crippen LogP contribution in [0.2, 0.25) is 5.02 Å². The molecule has 0 unspecified atom stereocenters. The molecule has 1 aliphatic rings. The molecule has 1 aromatic carbocycles. The first-order chi connectivity index (χ1) is 12.0. The zero-order chi connectivity index (χ0) is 18.4. The number of rotatable bonds is 5. The van der Waals surface area contributed by atoms with Gasteiger partial charge in [-0.15, -0.1) is 0 Å². The van der Waals surface area contributed by atoms with Crippen LogP contribution in [0.4, 0.5) is 0 Å². The summed E-state index contributed by atoms with van der Waals surface area (Å²) >= 11 is 6.16. The Morgan fingerprint density at radius 1 is 1.16 bits per heavy atom. The minimum atomic E-state index is -0.206. The zero-order valence-corrected chi connectivity index (χ0v) is 15.3. The van der Waals surface area contributed by atoms with Crippen molar-refractivity contribution >= 4 is 29.6 Å². The Bertz CT molecular complexity index is 666. The van der Waals surface area contributed by atoms with Gasteiger partial charge in [-0.3, -0.25) is 9.59 Å². The topological polar surface area (TPSA) is 65.1 Å². The largest absolute Gasteiger partial charge is 0.493 e. The van der Waals surface area contributed by atoms with Gasteiger partial charge in [-0.1, -0.05) is 11.6 Å². The number of esters is 1. The van der Waals surface area contributed by atoms with E-state index in [4.69, 9.17) is 25.8 Å². The van der Waals surface area contributed by atoms with Crippen molar-refractivity contribution in [1.82, 2.24) is 4.90 Å². The number of methoxy groups -OCH3 is 3. The van der Waals surface area contributed by atoms with Gasteiger partial charge in [-0.2, -0.15) is 0 Å². The van der Waals surface area contributed by atoms with Crippen molar-refractivity contribution in [2.45, 2.75) is 12.8 Å². The lowest BCUT2D eigenvalue weighted by atomic mass is 9.97. The molecule has 7 heteroatoms. The highest BCUT2D eigenvalue weighted by Gasteiger charge is 2.27. The molecular weight excluding hydrogens is 346 g/mol. The molecule has 0 bridgehead atoms. The van der Waals surface area contributed by atoms with Crippen LogP contribution >= 0.6 is 11.6 Å². The summed E-state index contributed by atoms with van der Waals surface area (Å²) < 4.78 is 15.2. The van der Waals surface area contributed by atoms with Crippen LogP contribution in [0.15, 0.2) is 18.2 Å². The van der Waals surface area contributed by atoms with E-state index in [9.17, 15) is 9.59 Å². The fourth-order valence-electron chi connectivity index (χ4n) is 2.81. The molecule has 0 radical (unpaired) electrons. The summed E-state index contributed by atoms with van der Waals surface area (Å²) in [7, 11) is 4.43. The summed E-state index contributed by atoms with van der Waals surface area (Å²) in [4.78, 5) is 25.6. The maximum Gasteiger partial charge on any atom is 0.308 e. The number of benzene rings is 1. The van der Waals surface area contributed by atoms with Crippen molar-refractivity contribution in [2.75, 3.05) is 34.4 Å². The molecule has 1 saturated heterocycles. The van der Waals surface area contributed by atoms with Gasteiger partial charge >= 0.3 is 5.97 Å². The summed E-state index contributed by atoms with van der Waals surface area (Å²) in [5.74, 6) is 0.526. The van der Waals surface area contributed by atoms with Gasteiger partial charge in [0, 0.05) is 19.2 Å². The average molecular weight is 368 g/mol. The second kappa shape index (κ2) is 8.76. The number of hydrogen-bond acceptors (Lipinski definition) is 5. The number of nitrogens with zero attached hydrogens (tertiary/aromatic N) is 1. The first-order valence-electron chi connectivity index (χ1n) is 7.96. The second-order valence-electron chi connectivity index (χ2n) is 5.69. The first-order valence-corrected chi connectivity index (χ1v) is 8.34. The molecule has 1 heterocycles. The molecule has 6 nitrogen and oxygen atoms in total. The molecule has 0 aromatic heterocycles. The Morgan fingerprint density at radius 3 is 2.40 bits per heavy atom. The van der Waals surface area contributed by atoms with E-state index in [0.29, 0.717) is 42.5 Å². The van der Waals surface area contributed by atoms with Gasteiger partial charge in [0.2, 0.25) is 5.91 Å². The molecule has 2 rings (SSSR count). The highest BCUT2D eigenvalue weighted by Crippen LogP contribution is 2.36. The van der Waals surface area contributed by atoms with Crippen molar-refractivity contribution in [3.05, 3.63) is 28.8 Å². The molecule has 0 spiro atoms. The third-order valence-corrected chi connectivity index (χ3v) is 4.50. The molecular formula is C18H22ClNO5. The standard InChI is InChI=1S/C18H22ClNO5/c1-23-15-11-12(10-14(19)17(15)24-2)4-5-16(21)20-8-6-13(7-9-20)18(22)25-3/h4-5,10-11,13H,6-9H2,1-3H3/b5-4-.